The lowest BCUT2D eigenvalue weighted by Crippen LogP contribution is -2.36. The van der Waals surface area contributed by atoms with Crippen molar-refractivity contribution in [2.24, 2.45) is 5.41 Å². The van der Waals surface area contributed by atoms with Gasteiger partial charge in [-0.3, -0.25) is 9.36 Å². The molecule has 2 aliphatic carbocycles. The minimum atomic E-state index is 0.135. The molecule has 2 aromatic rings. The average molecular weight is 306 g/mol. The van der Waals surface area contributed by atoms with Gasteiger partial charge in [-0.25, -0.2) is 0 Å². The van der Waals surface area contributed by atoms with Crippen LogP contribution in [-0.4, -0.2) is 9.55 Å². The van der Waals surface area contributed by atoms with Crippen molar-refractivity contribution in [2.45, 2.75) is 52.0 Å². The normalized spacial score (nSPS) is 20.1. The predicted octanol–water partition coefficient (Wildman–Crippen LogP) is 3.80. The highest BCUT2D eigenvalue weighted by Gasteiger charge is 2.33. The summed E-state index contributed by atoms with van der Waals surface area (Å²) in [5, 5.41) is 0.916. The number of hydrogen-bond donors (Lipinski definition) is 1. The standard InChI is InChI=1S/C15H18N2OS2/c1-15(6-3-7-15)8-17-13(18)11-9-4-2-5-10(9)20-12(11)16-14(17)19/h2-8H2,1H3,(H,16,19). The van der Waals surface area contributed by atoms with E-state index in [1.165, 1.54) is 36.1 Å². The first kappa shape index (κ1) is 12.8. The van der Waals surface area contributed by atoms with Crippen LogP contribution >= 0.6 is 23.6 Å². The molecule has 0 spiro atoms. The Labute approximate surface area is 126 Å². The van der Waals surface area contributed by atoms with Gasteiger partial charge in [0.05, 0.1) is 5.39 Å². The second-order valence-corrected chi connectivity index (χ2v) is 8.04. The lowest BCUT2D eigenvalue weighted by atomic mass is 9.70. The number of fused-ring (bicyclic) bond motifs is 3. The van der Waals surface area contributed by atoms with E-state index in [2.05, 4.69) is 11.9 Å². The summed E-state index contributed by atoms with van der Waals surface area (Å²) in [6.45, 7) is 3.03. The molecule has 0 atom stereocenters. The molecule has 1 fully saturated rings. The molecule has 2 aliphatic rings. The molecule has 20 heavy (non-hydrogen) atoms. The molecule has 0 bridgehead atoms. The van der Waals surface area contributed by atoms with Crippen molar-refractivity contribution >= 4 is 33.8 Å². The van der Waals surface area contributed by atoms with Crippen molar-refractivity contribution in [1.29, 1.82) is 0 Å². The number of H-pyrrole nitrogens is 1. The first-order valence-corrected chi connectivity index (χ1v) is 8.57. The molecular formula is C15H18N2OS2. The minimum Gasteiger partial charge on any atom is -0.323 e. The van der Waals surface area contributed by atoms with Crippen LogP contribution in [0.2, 0.25) is 0 Å². The van der Waals surface area contributed by atoms with Crippen molar-refractivity contribution in [2.75, 3.05) is 0 Å². The molecule has 0 saturated heterocycles. The Balaban J connectivity index is 1.93. The zero-order valence-corrected chi connectivity index (χ0v) is 13.3. The Hall–Kier alpha value is -0.940. The summed E-state index contributed by atoms with van der Waals surface area (Å²) in [5.74, 6) is 0. The van der Waals surface area contributed by atoms with Gasteiger partial charge in [0.25, 0.3) is 5.56 Å². The first-order valence-electron chi connectivity index (χ1n) is 7.35. The summed E-state index contributed by atoms with van der Waals surface area (Å²) in [7, 11) is 0. The Morgan fingerprint density at radius 1 is 1.35 bits per heavy atom. The van der Waals surface area contributed by atoms with Gasteiger partial charge in [0.15, 0.2) is 4.77 Å². The van der Waals surface area contributed by atoms with Gasteiger partial charge in [-0.05, 0) is 55.3 Å². The molecule has 106 valence electrons. The highest BCUT2D eigenvalue weighted by Crippen LogP contribution is 2.41. The van der Waals surface area contributed by atoms with E-state index in [9.17, 15) is 4.79 Å². The number of nitrogens with one attached hydrogen (secondary N) is 1. The van der Waals surface area contributed by atoms with E-state index in [0.717, 1.165) is 29.6 Å². The number of nitrogens with zero attached hydrogens (tertiary/aromatic N) is 1. The molecule has 0 unspecified atom stereocenters. The van der Waals surface area contributed by atoms with Gasteiger partial charge < -0.3 is 4.98 Å². The van der Waals surface area contributed by atoms with E-state index >= 15 is 0 Å². The number of hydrogen-bond acceptors (Lipinski definition) is 3. The first-order chi connectivity index (χ1) is 9.57. The number of aromatic nitrogens is 2. The van der Waals surface area contributed by atoms with E-state index < -0.39 is 0 Å². The fraction of sp³-hybridized carbons (Fsp3) is 0.600. The van der Waals surface area contributed by atoms with Crippen molar-refractivity contribution in [3.63, 3.8) is 0 Å². The summed E-state index contributed by atoms with van der Waals surface area (Å²) >= 11 is 7.15. The van der Waals surface area contributed by atoms with E-state index in [1.807, 2.05) is 4.57 Å². The van der Waals surface area contributed by atoms with Crippen LogP contribution in [-0.2, 0) is 19.4 Å². The molecular weight excluding hydrogens is 288 g/mol. The second-order valence-electron chi connectivity index (χ2n) is 6.55. The smallest absolute Gasteiger partial charge is 0.263 e. The van der Waals surface area contributed by atoms with Gasteiger partial charge in [-0.15, -0.1) is 11.3 Å². The number of aromatic amines is 1. The summed E-state index contributed by atoms with van der Waals surface area (Å²) < 4.78 is 2.40. The Morgan fingerprint density at radius 3 is 2.85 bits per heavy atom. The Bertz CT molecular complexity index is 808. The largest absolute Gasteiger partial charge is 0.323 e. The molecule has 1 saturated carbocycles. The van der Waals surface area contributed by atoms with E-state index in [1.54, 1.807) is 11.3 Å². The summed E-state index contributed by atoms with van der Waals surface area (Å²) in [5.41, 5.74) is 1.68. The van der Waals surface area contributed by atoms with Crippen LogP contribution in [0.25, 0.3) is 10.2 Å². The SMILES string of the molecule is CC1(Cn2c(=S)[nH]c3sc4c(c3c2=O)CCC4)CCC1. The molecule has 0 radical (unpaired) electrons. The monoisotopic (exact) mass is 306 g/mol. The lowest BCUT2D eigenvalue weighted by molar-refractivity contribution is 0.129. The maximum Gasteiger partial charge on any atom is 0.263 e. The molecule has 5 heteroatoms. The maximum atomic E-state index is 12.9. The quantitative estimate of drug-likeness (QED) is 0.857. The van der Waals surface area contributed by atoms with Crippen molar-refractivity contribution < 1.29 is 0 Å². The zero-order valence-electron chi connectivity index (χ0n) is 11.6. The van der Waals surface area contributed by atoms with Crippen LogP contribution in [0, 0.1) is 10.2 Å². The van der Waals surface area contributed by atoms with Crippen LogP contribution < -0.4 is 5.56 Å². The minimum absolute atomic E-state index is 0.135. The molecule has 2 heterocycles. The summed E-state index contributed by atoms with van der Waals surface area (Å²) in [6, 6.07) is 0. The fourth-order valence-corrected chi connectivity index (χ4v) is 5.17. The molecule has 0 aliphatic heterocycles. The maximum absolute atomic E-state index is 12.9. The lowest BCUT2D eigenvalue weighted by Gasteiger charge is -2.38. The van der Waals surface area contributed by atoms with Gasteiger partial charge >= 0.3 is 0 Å². The average Bonchev–Trinajstić information content (AvgIpc) is 2.92. The van der Waals surface area contributed by atoms with E-state index in [0.29, 0.717) is 4.77 Å². The predicted molar refractivity (Wildman–Crippen MR) is 85.3 cm³/mol. The Morgan fingerprint density at radius 2 is 2.15 bits per heavy atom. The third-order valence-electron chi connectivity index (χ3n) is 4.95. The highest BCUT2D eigenvalue weighted by atomic mass is 32.1. The third kappa shape index (κ3) is 1.76. The van der Waals surface area contributed by atoms with Gasteiger partial charge in [0.2, 0.25) is 0 Å². The van der Waals surface area contributed by atoms with Gasteiger partial charge in [0, 0.05) is 11.4 Å². The van der Waals surface area contributed by atoms with Crippen molar-refractivity contribution in [1.82, 2.24) is 9.55 Å². The molecule has 1 N–H and O–H groups in total. The number of rotatable bonds is 2. The topological polar surface area (TPSA) is 37.8 Å². The summed E-state index contributed by atoms with van der Waals surface area (Å²) in [6.07, 6.45) is 7.03. The second kappa shape index (κ2) is 4.28. The van der Waals surface area contributed by atoms with Crippen LogP contribution in [0.1, 0.15) is 43.0 Å². The van der Waals surface area contributed by atoms with Crippen molar-refractivity contribution in [3.8, 4) is 0 Å². The molecule has 0 aromatic carbocycles. The molecule has 0 amide bonds. The number of aryl methyl sites for hydroxylation is 2. The zero-order chi connectivity index (χ0) is 13.9. The highest BCUT2D eigenvalue weighted by molar-refractivity contribution is 7.71. The summed E-state index contributed by atoms with van der Waals surface area (Å²) in [4.78, 5) is 18.5. The van der Waals surface area contributed by atoms with Gasteiger partial charge in [-0.2, -0.15) is 0 Å². The van der Waals surface area contributed by atoms with E-state index in [-0.39, 0.29) is 11.0 Å². The Kier molecular flexibility index (Phi) is 2.73. The van der Waals surface area contributed by atoms with Crippen LogP contribution in [0.5, 0.6) is 0 Å². The molecule has 3 nitrogen and oxygen atoms in total. The van der Waals surface area contributed by atoms with Gasteiger partial charge in [0.1, 0.15) is 4.83 Å². The number of thiophene rings is 1. The van der Waals surface area contributed by atoms with Crippen LogP contribution in [0.3, 0.4) is 0 Å². The van der Waals surface area contributed by atoms with Crippen molar-refractivity contribution in [3.05, 3.63) is 25.6 Å². The van der Waals surface area contributed by atoms with Crippen LogP contribution in [0.15, 0.2) is 4.79 Å². The third-order valence-corrected chi connectivity index (χ3v) is 6.48. The molecule has 2 aromatic heterocycles. The van der Waals surface area contributed by atoms with Crippen LogP contribution in [0.4, 0.5) is 0 Å². The van der Waals surface area contributed by atoms with Gasteiger partial charge in [-0.1, -0.05) is 13.3 Å². The molecule has 4 rings (SSSR count). The fourth-order valence-electron chi connectivity index (χ4n) is 3.57. The van der Waals surface area contributed by atoms with E-state index in [4.69, 9.17) is 12.2 Å².